The number of aromatic nitrogens is 2. The highest BCUT2D eigenvalue weighted by molar-refractivity contribution is 5.93. The highest BCUT2D eigenvalue weighted by Gasteiger charge is 2.17. The topological polar surface area (TPSA) is 56.1 Å². The van der Waals surface area contributed by atoms with E-state index in [1.54, 1.807) is 23.9 Å². The standard InChI is InChI=1S/C19H18FN3O2/c1-14(25-17-9-7-16(20)8-10-17)19(24)22-18-11-12-21-23(18)13-15-5-3-2-4-6-15/h2-12,14H,13H2,1H3,(H,22,24)/t14-/m0/s1. The van der Waals surface area contributed by atoms with E-state index in [1.165, 1.54) is 24.3 Å². The van der Waals surface area contributed by atoms with Crippen molar-refractivity contribution in [2.45, 2.75) is 19.6 Å². The predicted octanol–water partition coefficient (Wildman–Crippen LogP) is 3.48. The second-order valence-electron chi connectivity index (χ2n) is 5.56. The molecule has 1 aromatic heterocycles. The molecule has 5 nitrogen and oxygen atoms in total. The molecule has 1 N–H and O–H groups in total. The zero-order valence-electron chi connectivity index (χ0n) is 13.7. The molecule has 25 heavy (non-hydrogen) atoms. The summed E-state index contributed by atoms with van der Waals surface area (Å²) in [4.78, 5) is 12.3. The molecule has 0 saturated carbocycles. The molecular weight excluding hydrogens is 321 g/mol. The Kier molecular flexibility index (Phi) is 5.09. The molecule has 1 heterocycles. The summed E-state index contributed by atoms with van der Waals surface area (Å²) in [5, 5.41) is 7.04. The molecule has 3 aromatic rings. The van der Waals surface area contributed by atoms with Gasteiger partial charge in [-0.05, 0) is 36.8 Å². The molecule has 128 valence electrons. The summed E-state index contributed by atoms with van der Waals surface area (Å²) in [6.45, 7) is 2.19. The minimum Gasteiger partial charge on any atom is -0.481 e. The van der Waals surface area contributed by atoms with Gasteiger partial charge in [-0.15, -0.1) is 0 Å². The summed E-state index contributed by atoms with van der Waals surface area (Å²) in [7, 11) is 0. The van der Waals surface area contributed by atoms with Gasteiger partial charge in [-0.25, -0.2) is 9.07 Å². The molecule has 1 amide bonds. The average Bonchev–Trinajstić information content (AvgIpc) is 3.04. The van der Waals surface area contributed by atoms with Crippen LogP contribution < -0.4 is 10.1 Å². The van der Waals surface area contributed by atoms with E-state index >= 15 is 0 Å². The molecule has 0 bridgehead atoms. The van der Waals surface area contributed by atoms with Gasteiger partial charge in [0.1, 0.15) is 17.4 Å². The number of nitrogens with zero attached hydrogens (tertiary/aromatic N) is 2. The minimum absolute atomic E-state index is 0.306. The average molecular weight is 339 g/mol. The Balaban J connectivity index is 1.63. The van der Waals surface area contributed by atoms with Gasteiger partial charge in [0.2, 0.25) is 0 Å². The van der Waals surface area contributed by atoms with Crippen LogP contribution in [0.3, 0.4) is 0 Å². The maximum atomic E-state index is 12.9. The van der Waals surface area contributed by atoms with Crippen molar-refractivity contribution in [2.24, 2.45) is 0 Å². The second kappa shape index (κ2) is 7.61. The van der Waals surface area contributed by atoms with Gasteiger partial charge in [-0.3, -0.25) is 4.79 Å². The first-order chi connectivity index (χ1) is 12.1. The monoisotopic (exact) mass is 339 g/mol. The molecular formula is C19H18FN3O2. The van der Waals surface area contributed by atoms with Gasteiger partial charge in [0.25, 0.3) is 5.91 Å². The Labute approximate surface area is 145 Å². The third kappa shape index (κ3) is 4.44. The third-order valence-electron chi connectivity index (χ3n) is 3.64. The number of hydrogen-bond donors (Lipinski definition) is 1. The Morgan fingerprint density at radius 3 is 2.60 bits per heavy atom. The second-order valence-corrected chi connectivity index (χ2v) is 5.56. The first-order valence-electron chi connectivity index (χ1n) is 7.90. The number of rotatable bonds is 6. The maximum absolute atomic E-state index is 12.9. The highest BCUT2D eigenvalue weighted by atomic mass is 19.1. The minimum atomic E-state index is -0.731. The van der Waals surface area contributed by atoms with E-state index < -0.39 is 6.10 Å². The van der Waals surface area contributed by atoms with Crippen LogP contribution in [0.15, 0.2) is 66.9 Å². The van der Waals surface area contributed by atoms with Crippen molar-refractivity contribution in [3.63, 3.8) is 0 Å². The van der Waals surface area contributed by atoms with Crippen LogP contribution in [0.25, 0.3) is 0 Å². The molecule has 0 radical (unpaired) electrons. The normalized spacial score (nSPS) is 11.8. The van der Waals surface area contributed by atoms with Crippen molar-refractivity contribution < 1.29 is 13.9 Å². The van der Waals surface area contributed by atoms with E-state index in [4.69, 9.17) is 4.74 Å². The number of benzene rings is 2. The van der Waals surface area contributed by atoms with Gasteiger partial charge in [-0.1, -0.05) is 30.3 Å². The summed E-state index contributed by atoms with van der Waals surface area (Å²) in [5.74, 6) is 0.360. The van der Waals surface area contributed by atoms with E-state index in [9.17, 15) is 9.18 Å². The van der Waals surface area contributed by atoms with Crippen molar-refractivity contribution in [1.29, 1.82) is 0 Å². The Bertz CT molecular complexity index is 831. The molecule has 0 aliphatic heterocycles. The first-order valence-corrected chi connectivity index (χ1v) is 7.90. The van der Waals surface area contributed by atoms with Crippen LogP contribution in [0.2, 0.25) is 0 Å². The van der Waals surface area contributed by atoms with E-state index in [0.29, 0.717) is 18.1 Å². The smallest absolute Gasteiger partial charge is 0.266 e. The molecule has 1 atom stereocenters. The molecule has 0 aliphatic rings. The van der Waals surface area contributed by atoms with Crippen molar-refractivity contribution >= 4 is 11.7 Å². The Morgan fingerprint density at radius 2 is 1.88 bits per heavy atom. The van der Waals surface area contributed by atoms with E-state index in [2.05, 4.69) is 10.4 Å². The SMILES string of the molecule is C[C@H](Oc1ccc(F)cc1)C(=O)Nc1ccnn1Cc1ccccc1. The third-order valence-corrected chi connectivity index (χ3v) is 3.64. The van der Waals surface area contributed by atoms with Gasteiger partial charge >= 0.3 is 0 Å². The highest BCUT2D eigenvalue weighted by Crippen LogP contribution is 2.15. The number of halogens is 1. The molecule has 0 aliphatic carbocycles. The van der Waals surface area contributed by atoms with Crippen LogP contribution in [0.1, 0.15) is 12.5 Å². The van der Waals surface area contributed by atoms with Crippen LogP contribution in [0, 0.1) is 5.82 Å². The lowest BCUT2D eigenvalue weighted by atomic mass is 10.2. The summed E-state index contributed by atoms with van der Waals surface area (Å²) in [5.41, 5.74) is 1.08. The Hall–Kier alpha value is -3.15. The van der Waals surface area contributed by atoms with Crippen LogP contribution in [-0.4, -0.2) is 21.8 Å². The number of ether oxygens (including phenoxy) is 1. The lowest BCUT2D eigenvalue weighted by Gasteiger charge is -2.15. The van der Waals surface area contributed by atoms with Gasteiger partial charge < -0.3 is 10.1 Å². The molecule has 0 spiro atoms. The van der Waals surface area contributed by atoms with Crippen LogP contribution in [0.4, 0.5) is 10.2 Å². The summed E-state index contributed by atoms with van der Waals surface area (Å²) < 4.78 is 20.1. The Morgan fingerprint density at radius 1 is 1.16 bits per heavy atom. The molecule has 6 heteroatoms. The number of carbonyl (C=O) groups is 1. The lowest BCUT2D eigenvalue weighted by molar-refractivity contribution is -0.122. The van der Waals surface area contributed by atoms with Crippen LogP contribution in [0.5, 0.6) is 5.75 Å². The van der Waals surface area contributed by atoms with Crippen molar-refractivity contribution in [1.82, 2.24) is 9.78 Å². The quantitative estimate of drug-likeness (QED) is 0.748. The fourth-order valence-corrected chi connectivity index (χ4v) is 2.32. The summed E-state index contributed by atoms with van der Waals surface area (Å²) >= 11 is 0. The number of anilines is 1. The van der Waals surface area contributed by atoms with Gasteiger partial charge in [0.15, 0.2) is 6.10 Å². The summed E-state index contributed by atoms with van der Waals surface area (Å²) in [6.07, 6.45) is 0.898. The molecule has 0 unspecified atom stereocenters. The number of nitrogens with one attached hydrogen (secondary N) is 1. The number of hydrogen-bond acceptors (Lipinski definition) is 3. The fourth-order valence-electron chi connectivity index (χ4n) is 2.32. The maximum Gasteiger partial charge on any atom is 0.266 e. The molecule has 0 fully saturated rings. The lowest BCUT2D eigenvalue weighted by Crippen LogP contribution is -2.31. The number of carbonyl (C=O) groups excluding carboxylic acids is 1. The van der Waals surface area contributed by atoms with Gasteiger partial charge in [0.05, 0.1) is 12.7 Å². The zero-order chi connectivity index (χ0) is 17.6. The van der Waals surface area contributed by atoms with Crippen molar-refractivity contribution in [2.75, 3.05) is 5.32 Å². The molecule has 2 aromatic carbocycles. The predicted molar refractivity (Wildman–Crippen MR) is 92.9 cm³/mol. The van der Waals surface area contributed by atoms with Crippen molar-refractivity contribution in [3.05, 3.63) is 78.2 Å². The summed E-state index contributed by atoms with van der Waals surface area (Å²) in [6, 6.07) is 17.1. The molecule has 3 rings (SSSR count). The first kappa shape index (κ1) is 16.7. The largest absolute Gasteiger partial charge is 0.481 e. The van der Waals surface area contributed by atoms with E-state index in [-0.39, 0.29) is 11.7 Å². The van der Waals surface area contributed by atoms with Gasteiger partial charge in [-0.2, -0.15) is 5.10 Å². The van der Waals surface area contributed by atoms with Crippen LogP contribution >= 0.6 is 0 Å². The van der Waals surface area contributed by atoms with Crippen LogP contribution in [-0.2, 0) is 11.3 Å². The van der Waals surface area contributed by atoms with Crippen molar-refractivity contribution in [3.8, 4) is 5.75 Å². The van der Waals surface area contributed by atoms with Gasteiger partial charge in [0, 0.05) is 6.07 Å². The fraction of sp³-hybridized carbons (Fsp3) is 0.158. The molecule has 0 saturated heterocycles. The zero-order valence-corrected chi connectivity index (χ0v) is 13.7. The number of amides is 1. The van der Waals surface area contributed by atoms with E-state index in [0.717, 1.165) is 5.56 Å². The van der Waals surface area contributed by atoms with E-state index in [1.807, 2.05) is 30.3 Å².